The van der Waals surface area contributed by atoms with E-state index in [1.807, 2.05) is 24.3 Å². The Kier molecular flexibility index (Phi) is 6.77. The summed E-state index contributed by atoms with van der Waals surface area (Å²) in [6.45, 7) is 4.20. The van der Waals surface area contributed by atoms with Gasteiger partial charge in [0.15, 0.2) is 5.79 Å². The molecule has 0 bridgehead atoms. The second kappa shape index (κ2) is 9.34. The lowest BCUT2D eigenvalue weighted by Crippen LogP contribution is -2.64. The van der Waals surface area contributed by atoms with Crippen LogP contribution in [0.5, 0.6) is 5.75 Å². The predicted molar refractivity (Wildman–Crippen MR) is 109 cm³/mol. The van der Waals surface area contributed by atoms with Crippen LogP contribution in [-0.2, 0) is 25.6 Å². The second-order valence-corrected chi connectivity index (χ2v) is 8.33. The molecular weight excluding hydrogens is 388 g/mol. The fraction of sp³-hybridized carbons (Fsp3) is 0.652. The van der Waals surface area contributed by atoms with Crippen LogP contribution in [0.25, 0.3) is 0 Å². The van der Waals surface area contributed by atoms with E-state index in [2.05, 4.69) is 6.58 Å². The van der Waals surface area contributed by atoms with Crippen LogP contribution in [0.4, 0.5) is 0 Å². The molecule has 1 aromatic rings. The Balaban J connectivity index is 1.52. The summed E-state index contributed by atoms with van der Waals surface area (Å²) in [5.41, 5.74) is 0.936. The molecule has 0 aromatic heterocycles. The molecule has 1 aliphatic heterocycles. The van der Waals surface area contributed by atoms with Gasteiger partial charge in [0.05, 0.1) is 20.3 Å². The van der Waals surface area contributed by atoms with Crippen LogP contribution in [0.1, 0.15) is 37.7 Å². The molecule has 2 saturated carbocycles. The van der Waals surface area contributed by atoms with Crippen LogP contribution in [-0.4, -0.2) is 66.3 Å². The molecule has 30 heavy (non-hydrogen) atoms. The Morgan fingerprint density at radius 2 is 1.60 bits per heavy atom. The summed E-state index contributed by atoms with van der Waals surface area (Å²) in [4.78, 5) is 0. The largest absolute Gasteiger partial charge is 0.497 e. The van der Waals surface area contributed by atoms with Crippen molar-refractivity contribution in [2.45, 2.75) is 81.1 Å². The number of ether oxygens (including phenoxy) is 5. The summed E-state index contributed by atoms with van der Waals surface area (Å²) in [5.74, 6) is 0.0791. The Hall–Kier alpha value is -1.48. The van der Waals surface area contributed by atoms with Crippen LogP contribution in [0, 0.1) is 0 Å². The lowest BCUT2D eigenvalue weighted by Gasteiger charge is -2.42. The van der Waals surface area contributed by atoms with E-state index in [0.717, 1.165) is 43.4 Å². The zero-order valence-corrected chi connectivity index (χ0v) is 17.4. The van der Waals surface area contributed by atoms with Gasteiger partial charge in [-0.05, 0) is 30.5 Å². The normalized spacial score (nSPS) is 35.2. The maximum atomic E-state index is 10.9. The van der Waals surface area contributed by atoms with Gasteiger partial charge in [-0.1, -0.05) is 24.6 Å². The molecule has 4 rings (SSSR count). The van der Waals surface area contributed by atoms with Gasteiger partial charge in [0.25, 0.3) is 0 Å². The molecule has 3 aliphatic rings. The van der Waals surface area contributed by atoms with E-state index in [4.69, 9.17) is 23.7 Å². The number of hydrogen-bond donors (Lipinski definition) is 2. The molecule has 1 spiro atoms. The SMILES string of the molecule is C=CCO[C@H]1[C@@H](O)[C@H](O)[C@H](OCc2ccc(OC)cc2)[C@@H]2OC3(CCCCC3)O[C@@H]21. The van der Waals surface area contributed by atoms with Gasteiger partial charge in [-0.3, -0.25) is 0 Å². The van der Waals surface area contributed by atoms with E-state index in [-0.39, 0.29) is 13.2 Å². The quantitative estimate of drug-likeness (QED) is 0.655. The van der Waals surface area contributed by atoms with E-state index in [0.29, 0.717) is 0 Å². The Bertz CT molecular complexity index is 700. The van der Waals surface area contributed by atoms with Crippen LogP contribution in [0.3, 0.4) is 0 Å². The van der Waals surface area contributed by atoms with E-state index >= 15 is 0 Å². The summed E-state index contributed by atoms with van der Waals surface area (Å²) in [6.07, 6.45) is 1.67. The van der Waals surface area contributed by atoms with Crippen LogP contribution in [0.2, 0.25) is 0 Å². The smallest absolute Gasteiger partial charge is 0.169 e. The van der Waals surface area contributed by atoms with Crippen molar-refractivity contribution >= 4 is 0 Å². The zero-order chi connectivity index (χ0) is 21.1. The molecule has 3 fully saturated rings. The first-order chi connectivity index (χ1) is 14.6. The summed E-state index contributed by atoms with van der Waals surface area (Å²) < 4.78 is 29.9. The van der Waals surface area contributed by atoms with Crippen molar-refractivity contribution in [1.82, 2.24) is 0 Å². The minimum Gasteiger partial charge on any atom is -0.497 e. The van der Waals surface area contributed by atoms with E-state index in [1.165, 1.54) is 0 Å². The fourth-order valence-corrected chi connectivity index (χ4v) is 4.75. The van der Waals surface area contributed by atoms with Crippen molar-refractivity contribution in [3.05, 3.63) is 42.5 Å². The van der Waals surface area contributed by atoms with Crippen molar-refractivity contribution < 1.29 is 33.9 Å². The fourth-order valence-electron chi connectivity index (χ4n) is 4.75. The molecule has 2 N–H and O–H groups in total. The van der Waals surface area contributed by atoms with Crippen molar-refractivity contribution in [2.24, 2.45) is 0 Å². The molecule has 2 aliphatic carbocycles. The number of aliphatic hydroxyl groups is 2. The molecule has 1 aromatic carbocycles. The first-order valence-electron chi connectivity index (χ1n) is 10.8. The standard InChI is InChI=1S/C23H32O7/c1-3-13-27-19-17(24)18(25)20(28-14-15-7-9-16(26-2)10-8-15)22-21(19)29-23(30-22)11-5-4-6-12-23/h3,7-10,17-22,24-25H,1,4-6,11-14H2,2H3/t17-,18-,19-,20-,21+,22-/m0/s1. The third-order valence-corrected chi connectivity index (χ3v) is 6.32. The van der Waals surface area contributed by atoms with E-state index in [1.54, 1.807) is 13.2 Å². The summed E-state index contributed by atoms with van der Waals surface area (Å²) in [6, 6.07) is 7.54. The van der Waals surface area contributed by atoms with Gasteiger partial charge in [-0.2, -0.15) is 0 Å². The average molecular weight is 421 g/mol. The third kappa shape index (κ3) is 4.28. The molecule has 1 saturated heterocycles. The highest BCUT2D eigenvalue weighted by Crippen LogP contribution is 2.46. The minimum atomic E-state index is -1.15. The van der Waals surface area contributed by atoms with Crippen molar-refractivity contribution in [3.63, 3.8) is 0 Å². The number of hydrogen-bond acceptors (Lipinski definition) is 7. The lowest BCUT2D eigenvalue weighted by atomic mass is 9.84. The number of benzene rings is 1. The molecule has 6 atom stereocenters. The lowest BCUT2D eigenvalue weighted by molar-refractivity contribution is -0.219. The molecule has 0 amide bonds. The zero-order valence-electron chi connectivity index (χ0n) is 17.4. The van der Waals surface area contributed by atoms with Gasteiger partial charge < -0.3 is 33.9 Å². The molecule has 1 heterocycles. The highest BCUT2D eigenvalue weighted by Gasteiger charge is 2.61. The molecule has 7 heteroatoms. The number of aliphatic hydroxyl groups excluding tert-OH is 2. The summed E-state index contributed by atoms with van der Waals surface area (Å²) >= 11 is 0. The van der Waals surface area contributed by atoms with Crippen LogP contribution in [0.15, 0.2) is 36.9 Å². The van der Waals surface area contributed by atoms with E-state index in [9.17, 15) is 10.2 Å². The average Bonchev–Trinajstić information content (AvgIpc) is 3.12. The van der Waals surface area contributed by atoms with Gasteiger partial charge in [-0.25, -0.2) is 0 Å². The molecule has 0 radical (unpaired) electrons. The van der Waals surface area contributed by atoms with Gasteiger partial charge >= 0.3 is 0 Å². The third-order valence-electron chi connectivity index (χ3n) is 6.32. The van der Waals surface area contributed by atoms with Crippen molar-refractivity contribution in [3.8, 4) is 5.75 Å². The number of rotatable bonds is 7. The van der Waals surface area contributed by atoms with Crippen LogP contribution < -0.4 is 4.74 Å². The van der Waals surface area contributed by atoms with Gasteiger partial charge in [0.2, 0.25) is 0 Å². The maximum absolute atomic E-state index is 10.9. The predicted octanol–water partition coefficient (Wildman–Crippen LogP) is 2.33. The Morgan fingerprint density at radius 1 is 1.00 bits per heavy atom. The monoisotopic (exact) mass is 420 g/mol. The van der Waals surface area contributed by atoms with Crippen molar-refractivity contribution in [2.75, 3.05) is 13.7 Å². The highest BCUT2D eigenvalue weighted by molar-refractivity contribution is 5.26. The Morgan fingerprint density at radius 3 is 2.17 bits per heavy atom. The molecular formula is C23H32O7. The second-order valence-electron chi connectivity index (χ2n) is 8.33. The van der Waals surface area contributed by atoms with Gasteiger partial charge in [-0.15, -0.1) is 6.58 Å². The highest BCUT2D eigenvalue weighted by atomic mass is 16.8. The molecule has 166 valence electrons. The molecule has 7 nitrogen and oxygen atoms in total. The summed E-state index contributed by atoms with van der Waals surface area (Å²) in [5, 5.41) is 21.7. The van der Waals surface area contributed by atoms with E-state index < -0.39 is 42.4 Å². The number of methoxy groups -OCH3 is 1. The summed E-state index contributed by atoms with van der Waals surface area (Å²) in [7, 11) is 1.62. The van der Waals surface area contributed by atoms with Gasteiger partial charge in [0, 0.05) is 12.8 Å². The van der Waals surface area contributed by atoms with Gasteiger partial charge in [0.1, 0.15) is 42.4 Å². The number of fused-ring (bicyclic) bond motifs is 1. The maximum Gasteiger partial charge on any atom is 0.169 e. The van der Waals surface area contributed by atoms with Crippen LogP contribution >= 0.6 is 0 Å². The Labute approximate surface area is 177 Å². The van der Waals surface area contributed by atoms with Crippen molar-refractivity contribution in [1.29, 1.82) is 0 Å². The first kappa shape index (κ1) is 21.7. The molecule has 0 unspecified atom stereocenters. The minimum absolute atomic E-state index is 0.255. The first-order valence-corrected chi connectivity index (χ1v) is 10.8. The topological polar surface area (TPSA) is 86.6 Å².